The maximum atomic E-state index is 12.0. The Labute approximate surface area is 91.8 Å². The molecule has 0 atom stereocenters. The van der Waals surface area contributed by atoms with Crippen molar-refractivity contribution < 1.29 is 4.79 Å². The highest BCUT2D eigenvalue weighted by atomic mass is 16.2. The van der Waals surface area contributed by atoms with Gasteiger partial charge in [-0.05, 0) is 12.8 Å². The molecule has 1 amide bonds. The van der Waals surface area contributed by atoms with E-state index < -0.39 is 5.54 Å². The lowest BCUT2D eigenvalue weighted by Gasteiger charge is -2.52. The minimum Gasteiger partial charge on any atom is -0.328 e. The van der Waals surface area contributed by atoms with Gasteiger partial charge in [0.1, 0.15) is 5.54 Å². The van der Waals surface area contributed by atoms with Crippen LogP contribution in [0.1, 0.15) is 12.8 Å². The first-order valence-electron chi connectivity index (χ1n) is 5.17. The normalized spacial score (nSPS) is 31.9. The van der Waals surface area contributed by atoms with Crippen LogP contribution in [0.2, 0.25) is 0 Å². The van der Waals surface area contributed by atoms with Crippen molar-refractivity contribution in [3.8, 4) is 0 Å². The molecule has 2 bridgehead atoms. The molecule has 2 aliphatic heterocycles. The fourth-order valence-corrected chi connectivity index (χ4v) is 2.56. The molecule has 5 heteroatoms. The second kappa shape index (κ2) is 2.81. The van der Waals surface area contributed by atoms with Gasteiger partial charge in [-0.25, -0.2) is 0 Å². The first-order valence-corrected chi connectivity index (χ1v) is 5.17. The van der Waals surface area contributed by atoms with E-state index in [0.29, 0.717) is 18.8 Å². The summed E-state index contributed by atoms with van der Waals surface area (Å²) in [5.74, 6) is 0.172. The molecule has 1 N–H and O–H groups in total. The number of hydrogen-bond donors (Lipinski definition) is 1. The summed E-state index contributed by atoms with van der Waals surface area (Å²) >= 11 is 0. The van der Waals surface area contributed by atoms with Crippen molar-refractivity contribution >= 4 is 5.91 Å². The fourth-order valence-electron chi connectivity index (χ4n) is 2.56. The Bertz CT molecular complexity index is 540. The van der Waals surface area contributed by atoms with E-state index in [1.807, 2.05) is 0 Å². The van der Waals surface area contributed by atoms with Crippen molar-refractivity contribution in [2.45, 2.75) is 18.4 Å². The molecule has 1 aromatic rings. The summed E-state index contributed by atoms with van der Waals surface area (Å²) in [4.78, 5) is 27.4. The van der Waals surface area contributed by atoms with Crippen molar-refractivity contribution in [1.82, 2.24) is 14.9 Å². The molecule has 0 spiro atoms. The zero-order chi connectivity index (χ0) is 11.3. The summed E-state index contributed by atoms with van der Waals surface area (Å²) in [5, 5.41) is 2.73. The molecule has 1 aromatic heterocycles. The number of piperidine rings is 2. The second-order valence-corrected chi connectivity index (χ2v) is 4.40. The molecular weight excluding hydrogens is 206 g/mol. The summed E-state index contributed by atoms with van der Waals surface area (Å²) in [6.45, 7) is 3.80. The molecule has 2 saturated heterocycles. The van der Waals surface area contributed by atoms with Crippen molar-refractivity contribution in [1.29, 1.82) is 0 Å². The number of fused-ring (bicyclic) bond motifs is 2. The first-order chi connectivity index (χ1) is 7.63. The Morgan fingerprint density at radius 3 is 2.88 bits per heavy atom. The van der Waals surface area contributed by atoms with Crippen LogP contribution >= 0.6 is 0 Å². The third-order valence-corrected chi connectivity index (χ3v) is 3.54. The molecular formula is C11H11N3O2. The van der Waals surface area contributed by atoms with Gasteiger partial charge < -0.3 is 5.32 Å². The maximum absolute atomic E-state index is 12.0. The Hall–Kier alpha value is -1.91. The number of carbonyl (C=O) groups excluding carboxylic acids is 1. The van der Waals surface area contributed by atoms with Crippen molar-refractivity contribution in [3.63, 3.8) is 0 Å². The smallest absolute Gasteiger partial charge is 0.269 e. The largest absolute Gasteiger partial charge is 0.328 e. The Kier molecular flexibility index (Phi) is 1.64. The predicted molar refractivity (Wildman–Crippen MR) is 56.5 cm³/mol. The molecule has 3 aliphatic rings. The van der Waals surface area contributed by atoms with Crippen molar-refractivity contribution in [2.75, 3.05) is 0 Å². The first kappa shape index (κ1) is 9.33. The van der Waals surface area contributed by atoms with Crippen LogP contribution in [0.3, 0.4) is 0 Å². The highest BCUT2D eigenvalue weighted by Crippen LogP contribution is 2.49. The summed E-state index contributed by atoms with van der Waals surface area (Å²) in [6.07, 6.45) is 5.67. The molecule has 0 unspecified atom stereocenters. The van der Waals surface area contributed by atoms with Crippen molar-refractivity contribution in [3.05, 3.63) is 41.2 Å². The average molecular weight is 217 g/mol. The minimum absolute atomic E-state index is 0.131. The number of hydrogen-bond acceptors (Lipinski definition) is 3. The highest BCUT2D eigenvalue weighted by molar-refractivity contribution is 5.89. The molecule has 0 radical (unpaired) electrons. The lowest BCUT2D eigenvalue weighted by molar-refractivity contribution is -0.140. The number of aromatic nitrogens is 2. The zero-order valence-corrected chi connectivity index (χ0v) is 8.64. The fraction of sp³-hybridized carbons (Fsp3) is 0.364. The van der Waals surface area contributed by atoms with Gasteiger partial charge in [0.25, 0.3) is 11.5 Å². The average Bonchev–Trinajstić information content (AvgIpc) is 2.17. The topological polar surface area (TPSA) is 64.0 Å². The lowest BCUT2D eigenvalue weighted by Crippen LogP contribution is -2.65. The SMILES string of the molecule is C=C1NC(=O)C2(n3ccncc3=O)CC1C2. The van der Waals surface area contributed by atoms with E-state index in [-0.39, 0.29) is 11.5 Å². The van der Waals surface area contributed by atoms with Gasteiger partial charge in [-0.15, -0.1) is 0 Å². The van der Waals surface area contributed by atoms with E-state index in [1.54, 1.807) is 6.20 Å². The maximum Gasteiger partial charge on any atom is 0.269 e. The quantitative estimate of drug-likeness (QED) is 0.719. The number of allylic oxidation sites excluding steroid dienone is 1. The van der Waals surface area contributed by atoms with E-state index in [9.17, 15) is 9.59 Å². The van der Waals surface area contributed by atoms with Gasteiger partial charge >= 0.3 is 0 Å². The number of rotatable bonds is 1. The standard InChI is InChI=1S/C11H11N3O2/c1-7-8-4-11(5-8,10(16)13-7)14-3-2-12-6-9(14)15/h2-3,6,8H,1,4-5H2,(H,13,16). The zero-order valence-electron chi connectivity index (χ0n) is 8.64. The minimum atomic E-state index is -0.702. The van der Waals surface area contributed by atoms with Crippen LogP contribution in [0.5, 0.6) is 0 Å². The summed E-state index contributed by atoms with van der Waals surface area (Å²) in [7, 11) is 0. The van der Waals surface area contributed by atoms with Crippen LogP contribution in [0.25, 0.3) is 0 Å². The third-order valence-electron chi connectivity index (χ3n) is 3.54. The molecule has 16 heavy (non-hydrogen) atoms. The van der Waals surface area contributed by atoms with E-state index in [2.05, 4.69) is 16.9 Å². The van der Waals surface area contributed by atoms with Crippen LogP contribution in [-0.4, -0.2) is 15.5 Å². The molecule has 5 nitrogen and oxygen atoms in total. The van der Waals surface area contributed by atoms with Crippen LogP contribution in [0.15, 0.2) is 35.7 Å². The van der Waals surface area contributed by atoms with E-state index >= 15 is 0 Å². The van der Waals surface area contributed by atoms with Crippen LogP contribution < -0.4 is 10.9 Å². The summed E-state index contributed by atoms with van der Waals surface area (Å²) < 4.78 is 1.48. The molecule has 3 fully saturated rings. The molecule has 1 aliphatic carbocycles. The molecule has 1 saturated carbocycles. The van der Waals surface area contributed by atoms with Crippen LogP contribution in [0.4, 0.5) is 0 Å². The molecule has 4 rings (SSSR count). The summed E-state index contributed by atoms with van der Waals surface area (Å²) in [6, 6.07) is 0. The predicted octanol–water partition coefficient (Wildman–Crippen LogP) is -0.00790. The highest BCUT2D eigenvalue weighted by Gasteiger charge is 2.56. The van der Waals surface area contributed by atoms with Gasteiger partial charge in [0.15, 0.2) is 0 Å². The molecule has 3 heterocycles. The van der Waals surface area contributed by atoms with Gasteiger partial charge in [-0.1, -0.05) is 6.58 Å². The van der Waals surface area contributed by atoms with Crippen molar-refractivity contribution in [2.24, 2.45) is 5.92 Å². The third kappa shape index (κ3) is 0.973. The van der Waals surface area contributed by atoms with E-state index in [4.69, 9.17) is 0 Å². The Morgan fingerprint density at radius 1 is 1.50 bits per heavy atom. The number of carbonyl (C=O) groups is 1. The number of amides is 1. The van der Waals surface area contributed by atoms with Crippen LogP contribution in [-0.2, 0) is 10.3 Å². The van der Waals surface area contributed by atoms with Gasteiger partial charge in [0.2, 0.25) is 0 Å². The summed E-state index contributed by atoms with van der Waals surface area (Å²) in [5.41, 5.74) is -0.163. The lowest BCUT2D eigenvalue weighted by atomic mass is 9.63. The number of nitrogens with zero attached hydrogens (tertiary/aromatic N) is 2. The Balaban J connectivity index is 2.09. The van der Waals surface area contributed by atoms with Gasteiger partial charge in [0.05, 0.1) is 6.20 Å². The second-order valence-electron chi connectivity index (χ2n) is 4.40. The van der Waals surface area contributed by atoms with Gasteiger partial charge in [-0.2, -0.15) is 0 Å². The molecule has 0 aromatic carbocycles. The monoisotopic (exact) mass is 217 g/mol. The van der Waals surface area contributed by atoms with E-state index in [1.165, 1.54) is 17.0 Å². The Morgan fingerprint density at radius 2 is 2.25 bits per heavy atom. The van der Waals surface area contributed by atoms with E-state index in [0.717, 1.165) is 5.70 Å². The molecule has 82 valence electrons. The van der Waals surface area contributed by atoms with Crippen LogP contribution in [0, 0.1) is 5.92 Å². The number of nitrogens with one attached hydrogen (secondary N) is 1. The van der Waals surface area contributed by atoms with Gasteiger partial charge in [-0.3, -0.25) is 19.1 Å². The van der Waals surface area contributed by atoms with Gasteiger partial charge in [0, 0.05) is 24.0 Å².